The van der Waals surface area contributed by atoms with Gasteiger partial charge in [0.05, 0.1) is 15.8 Å². The van der Waals surface area contributed by atoms with Crippen molar-refractivity contribution in [2.75, 3.05) is 14.1 Å². The van der Waals surface area contributed by atoms with Gasteiger partial charge in [-0.1, -0.05) is 40.2 Å². The maximum atomic E-state index is 13.3. The number of nitrogens with one attached hydrogen (secondary N) is 1. The number of aliphatic hydroxyl groups is 1. The van der Waals surface area contributed by atoms with Crippen LogP contribution in [0.4, 0.5) is 5.69 Å². The van der Waals surface area contributed by atoms with Crippen LogP contribution in [0.2, 0.25) is 0 Å². The Hall–Kier alpha value is -3.24. The van der Waals surface area contributed by atoms with Gasteiger partial charge in [-0.2, -0.15) is 0 Å². The number of nitro groups is 1. The number of nitrogens with zero attached hydrogens (tertiary/aromatic N) is 3. The Labute approximate surface area is 191 Å². The number of carbonyl (C=O) groups is 2. The van der Waals surface area contributed by atoms with E-state index in [9.17, 15) is 24.8 Å². The van der Waals surface area contributed by atoms with Gasteiger partial charge in [0.1, 0.15) is 6.04 Å². The molecule has 1 aliphatic rings. The summed E-state index contributed by atoms with van der Waals surface area (Å²) in [6.45, 7) is 0. The number of hydrogen-bond donors (Lipinski definition) is 2. The van der Waals surface area contributed by atoms with E-state index in [4.69, 9.17) is 0 Å². The first-order valence-electron chi connectivity index (χ1n) is 9.89. The molecule has 0 unspecified atom stereocenters. The summed E-state index contributed by atoms with van der Waals surface area (Å²) in [7, 11) is 2.86. The fraction of sp³-hybridized carbons (Fsp3) is 0.273. The lowest BCUT2D eigenvalue weighted by Crippen LogP contribution is -2.71. The lowest BCUT2D eigenvalue weighted by Gasteiger charge is -2.47. The molecule has 2 atom stereocenters. The molecule has 4 rings (SSSR count). The minimum absolute atomic E-state index is 0.0708. The van der Waals surface area contributed by atoms with Gasteiger partial charge in [-0.05, 0) is 23.3 Å². The summed E-state index contributed by atoms with van der Waals surface area (Å²) in [4.78, 5) is 42.8. The Balaban J connectivity index is 1.67. The second-order valence-electron chi connectivity index (χ2n) is 7.89. The van der Waals surface area contributed by atoms with Gasteiger partial charge in [0, 0.05) is 43.7 Å². The highest BCUT2D eigenvalue weighted by molar-refractivity contribution is 9.10. The number of rotatable bonds is 5. The number of non-ortho nitro benzene ring substituents is 1. The van der Waals surface area contributed by atoms with Crippen LogP contribution < -0.4 is 0 Å². The molecule has 166 valence electrons. The van der Waals surface area contributed by atoms with Crippen LogP contribution in [0.1, 0.15) is 11.1 Å². The Kier molecular flexibility index (Phi) is 5.51. The second kappa shape index (κ2) is 8.03. The largest absolute Gasteiger partial charge is 0.363 e. The molecule has 2 amide bonds. The van der Waals surface area contributed by atoms with E-state index in [0.717, 1.165) is 9.37 Å². The monoisotopic (exact) mass is 500 g/mol. The molecule has 0 radical (unpaired) electrons. The zero-order chi connectivity index (χ0) is 23.2. The van der Waals surface area contributed by atoms with Gasteiger partial charge >= 0.3 is 0 Å². The molecule has 3 aromatic rings. The van der Waals surface area contributed by atoms with Gasteiger partial charge in [0.25, 0.3) is 11.6 Å². The number of amides is 2. The Morgan fingerprint density at radius 2 is 1.88 bits per heavy atom. The SMILES string of the molecule is CN1C(=O)[C@](O)(Cc2ccccc2Br)N(C)C(=O)[C@@H]1Cc1c[nH]c2cccc([N+](=O)[O-])c12. The summed E-state index contributed by atoms with van der Waals surface area (Å²) < 4.78 is 0.720. The minimum atomic E-state index is -2.04. The van der Waals surface area contributed by atoms with E-state index in [1.54, 1.807) is 36.5 Å². The molecule has 2 heterocycles. The molecule has 2 aromatic carbocycles. The number of halogens is 1. The zero-order valence-corrected chi connectivity index (χ0v) is 19.0. The van der Waals surface area contributed by atoms with Gasteiger partial charge in [0.15, 0.2) is 0 Å². The van der Waals surface area contributed by atoms with E-state index in [2.05, 4.69) is 20.9 Å². The van der Waals surface area contributed by atoms with Crippen LogP contribution in [0.25, 0.3) is 10.9 Å². The molecule has 32 heavy (non-hydrogen) atoms. The van der Waals surface area contributed by atoms with Gasteiger partial charge in [-0.25, -0.2) is 0 Å². The van der Waals surface area contributed by atoms with E-state index in [1.807, 2.05) is 6.07 Å². The first-order chi connectivity index (χ1) is 15.1. The van der Waals surface area contributed by atoms with Crippen molar-refractivity contribution < 1.29 is 19.6 Å². The molecular weight excluding hydrogens is 480 g/mol. The summed E-state index contributed by atoms with van der Waals surface area (Å²) in [5, 5.41) is 23.2. The summed E-state index contributed by atoms with van der Waals surface area (Å²) in [5.74, 6) is -1.07. The standard InChI is InChI=1S/C22H21BrN4O5/c1-25-18(10-14-12-24-16-8-5-9-17(19(14)16)27(31)32)20(28)26(2)22(30,21(25)29)11-13-6-3-4-7-15(13)23/h3-9,12,18,24,30H,10-11H2,1-2H3/t18-,22+/m0/s1. The van der Waals surface area contributed by atoms with E-state index in [-0.39, 0.29) is 18.5 Å². The predicted molar refractivity (Wildman–Crippen MR) is 121 cm³/mol. The van der Waals surface area contributed by atoms with Crippen LogP contribution >= 0.6 is 15.9 Å². The molecule has 0 saturated carbocycles. The fourth-order valence-corrected chi connectivity index (χ4v) is 4.65. The lowest BCUT2D eigenvalue weighted by molar-refractivity contribution is -0.383. The molecule has 1 fully saturated rings. The first-order valence-corrected chi connectivity index (χ1v) is 10.7. The highest BCUT2D eigenvalue weighted by Gasteiger charge is 2.53. The van der Waals surface area contributed by atoms with E-state index >= 15 is 0 Å². The first kappa shape index (κ1) is 22.0. The van der Waals surface area contributed by atoms with Crippen LogP contribution in [0, 0.1) is 10.1 Å². The average molecular weight is 501 g/mol. The minimum Gasteiger partial charge on any atom is -0.363 e. The van der Waals surface area contributed by atoms with E-state index < -0.39 is 28.5 Å². The molecule has 0 spiro atoms. The highest BCUT2D eigenvalue weighted by Crippen LogP contribution is 2.33. The maximum Gasteiger partial charge on any atom is 0.279 e. The number of aromatic amines is 1. The number of fused-ring (bicyclic) bond motifs is 1. The van der Waals surface area contributed by atoms with Crippen molar-refractivity contribution >= 4 is 44.3 Å². The summed E-state index contributed by atoms with van der Waals surface area (Å²) in [6.07, 6.45) is 1.61. The number of nitro benzene ring substituents is 1. The number of benzene rings is 2. The van der Waals surface area contributed by atoms with Gasteiger partial charge in [-0.3, -0.25) is 19.7 Å². The molecule has 0 bridgehead atoms. The third-order valence-electron chi connectivity index (χ3n) is 6.07. The molecule has 2 N–H and O–H groups in total. The predicted octanol–water partition coefficient (Wildman–Crippen LogP) is 2.61. The van der Waals surface area contributed by atoms with Crippen molar-refractivity contribution in [3.8, 4) is 0 Å². The van der Waals surface area contributed by atoms with Crippen LogP contribution in [0.5, 0.6) is 0 Å². The second-order valence-corrected chi connectivity index (χ2v) is 8.74. The lowest BCUT2D eigenvalue weighted by atomic mass is 9.92. The average Bonchev–Trinajstić information content (AvgIpc) is 3.19. The van der Waals surface area contributed by atoms with Gasteiger partial charge in [-0.15, -0.1) is 0 Å². The molecule has 1 saturated heterocycles. The van der Waals surface area contributed by atoms with Crippen molar-refractivity contribution in [3.05, 3.63) is 74.4 Å². The fourth-order valence-electron chi connectivity index (χ4n) is 4.22. The van der Waals surface area contributed by atoms with Crippen LogP contribution in [-0.4, -0.2) is 62.5 Å². The van der Waals surface area contributed by atoms with Crippen molar-refractivity contribution in [1.82, 2.24) is 14.8 Å². The third kappa shape index (κ3) is 3.45. The summed E-state index contributed by atoms with van der Waals surface area (Å²) >= 11 is 3.41. The normalized spacial score (nSPS) is 21.4. The van der Waals surface area contributed by atoms with Crippen LogP contribution in [-0.2, 0) is 22.4 Å². The number of carbonyl (C=O) groups excluding carboxylic acids is 2. The van der Waals surface area contributed by atoms with Crippen LogP contribution in [0.15, 0.2) is 53.1 Å². The number of H-pyrrole nitrogens is 1. The zero-order valence-electron chi connectivity index (χ0n) is 17.4. The quantitative estimate of drug-likeness (QED) is 0.412. The summed E-state index contributed by atoms with van der Waals surface area (Å²) in [6, 6.07) is 11.0. The highest BCUT2D eigenvalue weighted by atomic mass is 79.9. The molecule has 10 heteroatoms. The van der Waals surface area contributed by atoms with Crippen molar-refractivity contribution in [1.29, 1.82) is 0 Å². The topological polar surface area (TPSA) is 120 Å². The molecule has 0 aliphatic carbocycles. The Morgan fingerprint density at radius 3 is 2.56 bits per heavy atom. The van der Waals surface area contributed by atoms with Gasteiger partial charge in [0.2, 0.25) is 11.6 Å². The van der Waals surface area contributed by atoms with E-state index in [0.29, 0.717) is 22.0 Å². The third-order valence-corrected chi connectivity index (χ3v) is 6.84. The molecule has 1 aromatic heterocycles. The van der Waals surface area contributed by atoms with Crippen molar-refractivity contribution in [3.63, 3.8) is 0 Å². The number of hydrogen-bond acceptors (Lipinski definition) is 5. The van der Waals surface area contributed by atoms with E-state index in [1.165, 1.54) is 25.1 Å². The van der Waals surface area contributed by atoms with Crippen molar-refractivity contribution in [2.24, 2.45) is 0 Å². The smallest absolute Gasteiger partial charge is 0.279 e. The molecule has 9 nitrogen and oxygen atoms in total. The Morgan fingerprint density at radius 1 is 1.16 bits per heavy atom. The summed E-state index contributed by atoms with van der Waals surface area (Å²) in [5.41, 5.74) is -0.310. The Bertz CT molecular complexity index is 1240. The number of aromatic nitrogens is 1. The van der Waals surface area contributed by atoms with Gasteiger partial charge < -0.3 is 19.9 Å². The number of likely N-dealkylation sites (N-methyl/N-ethyl adjacent to an activating group) is 2. The number of piperazine rings is 1. The van der Waals surface area contributed by atoms with Crippen molar-refractivity contribution in [2.45, 2.75) is 24.6 Å². The molecule has 1 aliphatic heterocycles. The maximum absolute atomic E-state index is 13.3. The molecular formula is C22H21BrN4O5. The van der Waals surface area contributed by atoms with Crippen LogP contribution in [0.3, 0.4) is 0 Å².